The second kappa shape index (κ2) is 8.27. The summed E-state index contributed by atoms with van der Waals surface area (Å²) in [5.41, 5.74) is 5.49. The predicted octanol–water partition coefficient (Wildman–Crippen LogP) is 6.20. The van der Waals surface area contributed by atoms with Gasteiger partial charge in [0.2, 0.25) is 0 Å². The molecule has 2 atom stereocenters. The van der Waals surface area contributed by atoms with E-state index in [9.17, 15) is 0 Å². The molecule has 190 valence electrons. The predicted molar refractivity (Wildman–Crippen MR) is 142 cm³/mol. The monoisotopic (exact) mass is 487 g/mol. The van der Waals surface area contributed by atoms with Crippen LogP contribution in [0, 0.1) is 11.3 Å². The minimum atomic E-state index is -1.04. The lowest BCUT2D eigenvalue weighted by Crippen LogP contribution is -2.47. The van der Waals surface area contributed by atoms with Crippen LogP contribution in [0.3, 0.4) is 0 Å². The Morgan fingerprint density at radius 1 is 1.06 bits per heavy atom. The molecule has 6 heteroatoms. The van der Waals surface area contributed by atoms with Crippen LogP contribution in [0.1, 0.15) is 81.7 Å². The Balaban J connectivity index is 1.17. The molecule has 3 fully saturated rings. The molecule has 1 N–H and O–H groups in total. The van der Waals surface area contributed by atoms with Crippen molar-refractivity contribution >= 4 is 16.6 Å². The molecule has 7 rings (SSSR count). The normalized spacial score (nSPS) is 27.2. The molecule has 2 aromatic heterocycles. The van der Waals surface area contributed by atoms with E-state index in [1.165, 1.54) is 54.3 Å². The maximum absolute atomic E-state index is 15.1. The lowest BCUT2D eigenvalue weighted by Gasteiger charge is -2.52. The number of piperidine rings is 1. The highest BCUT2D eigenvalue weighted by Gasteiger charge is 2.48. The molecule has 0 unspecified atom stereocenters. The van der Waals surface area contributed by atoms with Crippen molar-refractivity contribution in [1.82, 2.24) is 20.1 Å². The summed E-state index contributed by atoms with van der Waals surface area (Å²) < 4.78 is 15.1. The summed E-state index contributed by atoms with van der Waals surface area (Å²) in [7, 11) is 0. The van der Waals surface area contributed by atoms with Gasteiger partial charge < -0.3 is 4.90 Å². The number of nitrogens with one attached hydrogen (secondary N) is 1. The Kier molecular flexibility index (Phi) is 5.22. The maximum Gasteiger partial charge on any atom is 0.124 e. The van der Waals surface area contributed by atoms with Gasteiger partial charge >= 0.3 is 0 Å². The van der Waals surface area contributed by atoms with Crippen LogP contribution < -0.4 is 4.90 Å². The van der Waals surface area contributed by atoms with E-state index in [4.69, 9.17) is 4.98 Å². The Hall–Kier alpha value is -2.47. The third-order valence-electron chi connectivity index (χ3n) is 9.98. The summed E-state index contributed by atoms with van der Waals surface area (Å²) in [5.74, 6) is 0.962. The van der Waals surface area contributed by atoms with Gasteiger partial charge in [0.1, 0.15) is 5.67 Å². The molecule has 2 aliphatic carbocycles. The second-order valence-corrected chi connectivity index (χ2v) is 12.4. The van der Waals surface area contributed by atoms with Gasteiger partial charge in [-0.25, -0.2) is 4.39 Å². The van der Waals surface area contributed by atoms with Gasteiger partial charge in [-0.15, -0.1) is 0 Å². The van der Waals surface area contributed by atoms with Crippen molar-refractivity contribution in [3.8, 4) is 0 Å². The van der Waals surface area contributed by atoms with Crippen molar-refractivity contribution < 1.29 is 4.39 Å². The molecule has 36 heavy (non-hydrogen) atoms. The standard InChI is InChI=1S/C30H38FN5/c1-3-21-15-29(16-21)10-12-35(13-11-29)22-4-6-27(32-17-22)28-23-5-7-26-25(18-33-34-26)24(23)14-20(2)36(28)19-30(31)8-9-30/h4-7,17-18,20-21,28H,3,8-16,19H2,1-2H3,(H,33,34)/t20-,28+/m1/s1. The zero-order chi connectivity index (χ0) is 24.5. The fraction of sp³-hybridized carbons (Fsp3) is 0.600. The summed E-state index contributed by atoms with van der Waals surface area (Å²) in [6, 6.07) is 8.99. The second-order valence-electron chi connectivity index (χ2n) is 12.4. The van der Waals surface area contributed by atoms with Gasteiger partial charge in [0.25, 0.3) is 0 Å². The molecular weight excluding hydrogens is 449 g/mol. The third-order valence-corrected chi connectivity index (χ3v) is 9.98. The third kappa shape index (κ3) is 3.75. The van der Waals surface area contributed by atoms with E-state index in [0.717, 1.165) is 36.6 Å². The van der Waals surface area contributed by atoms with Gasteiger partial charge in [0.05, 0.1) is 35.3 Å². The molecule has 5 nitrogen and oxygen atoms in total. The van der Waals surface area contributed by atoms with Gasteiger partial charge in [0, 0.05) is 31.1 Å². The molecule has 2 saturated carbocycles. The summed E-state index contributed by atoms with van der Waals surface area (Å²) in [4.78, 5) is 9.94. The maximum atomic E-state index is 15.1. The quantitative estimate of drug-likeness (QED) is 0.465. The Bertz CT molecular complexity index is 1250. The molecule has 1 aromatic carbocycles. The van der Waals surface area contributed by atoms with Crippen LogP contribution in [0.5, 0.6) is 0 Å². The number of H-pyrrole nitrogens is 1. The molecule has 4 heterocycles. The first-order valence-electron chi connectivity index (χ1n) is 14.1. The number of aromatic nitrogens is 3. The summed E-state index contributed by atoms with van der Waals surface area (Å²) >= 11 is 0. The number of aromatic amines is 1. The number of hydrogen-bond donors (Lipinski definition) is 1. The SMILES string of the molecule is CCC1CC2(CCN(c3ccc([C@@H]4c5ccc6[nH]ncc6c5C[C@@H](C)N4CC4(F)CC4)nc3)CC2)C1. The van der Waals surface area contributed by atoms with E-state index in [1.54, 1.807) is 0 Å². The van der Waals surface area contributed by atoms with Crippen LogP contribution in [0.4, 0.5) is 10.1 Å². The summed E-state index contributed by atoms with van der Waals surface area (Å²) in [6.45, 7) is 7.33. The number of benzene rings is 1. The number of rotatable bonds is 5. The van der Waals surface area contributed by atoms with Crippen molar-refractivity contribution in [3.63, 3.8) is 0 Å². The molecule has 3 aromatic rings. The van der Waals surface area contributed by atoms with Gasteiger partial charge in [-0.3, -0.25) is 15.0 Å². The van der Waals surface area contributed by atoms with Gasteiger partial charge in [-0.05, 0) is 92.5 Å². The van der Waals surface area contributed by atoms with Crippen LogP contribution in [-0.2, 0) is 6.42 Å². The van der Waals surface area contributed by atoms with Crippen LogP contribution in [0.15, 0.2) is 36.7 Å². The first-order chi connectivity index (χ1) is 17.5. The molecule has 0 amide bonds. The van der Waals surface area contributed by atoms with Crippen LogP contribution in [-0.4, -0.2) is 51.4 Å². The van der Waals surface area contributed by atoms with Crippen LogP contribution >= 0.6 is 0 Å². The van der Waals surface area contributed by atoms with Crippen molar-refractivity contribution in [3.05, 3.63) is 53.5 Å². The highest BCUT2D eigenvalue weighted by molar-refractivity contribution is 5.83. The molecule has 4 aliphatic rings. The van der Waals surface area contributed by atoms with E-state index < -0.39 is 5.67 Å². The Morgan fingerprint density at radius 2 is 1.86 bits per heavy atom. The number of nitrogens with zero attached hydrogens (tertiary/aromatic N) is 4. The molecule has 0 radical (unpaired) electrons. The number of fused-ring (bicyclic) bond motifs is 3. The van der Waals surface area contributed by atoms with E-state index in [1.807, 2.05) is 6.20 Å². The van der Waals surface area contributed by atoms with Crippen molar-refractivity contribution in [2.24, 2.45) is 11.3 Å². The highest BCUT2D eigenvalue weighted by Crippen LogP contribution is 2.54. The number of alkyl halides is 1. The number of hydrogen-bond acceptors (Lipinski definition) is 4. The average Bonchev–Trinajstić information content (AvgIpc) is 3.40. The zero-order valence-corrected chi connectivity index (χ0v) is 21.6. The molecule has 0 bridgehead atoms. The smallest absolute Gasteiger partial charge is 0.124 e. The number of halogens is 1. The molecule has 1 saturated heterocycles. The van der Waals surface area contributed by atoms with Gasteiger partial charge in [-0.1, -0.05) is 19.4 Å². The minimum absolute atomic E-state index is 0.0316. The Labute approximate surface area is 213 Å². The fourth-order valence-corrected chi connectivity index (χ4v) is 7.47. The molecular formula is C30H38FN5. The molecule has 1 spiro atoms. The van der Waals surface area contributed by atoms with E-state index in [0.29, 0.717) is 24.8 Å². The van der Waals surface area contributed by atoms with E-state index >= 15 is 4.39 Å². The van der Waals surface area contributed by atoms with Crippen molar-refractivity contribution in [1.29, 1.82) is 0 Å². The zero-order valence-electron chi connectivity index (χ0n) is 21.6. The first-order valence-corrected chi connectivity index (χ1v) is 14.1. The van der Waals surface area contributed by atoms with Crippen LogP contribution in [0.2, 0.25) is 0 Å². The van der Waals surface area contributed by atoms with Gasteiger partial charge in [-0.2, -0.15) is 5.10 Å². The number of anilines is 1. The fourth-order valence-electron chi connectivity index (χ4n) is 7.47. The first kappa shape index (κ1) is 22.7. The van der Waals surface area contributed by atoms with Crippen molar-refractivity contribution in [2.45, 2.75) is 83.0 Å². The van der Waals surface area contributed by atoms with Crippen LogP contribution in [0.25, 0.3) is 10.9 Å². The highest BCUT2D eigenvalue weighted by atomic mass is 19.1. The average molecular weight is 488 g/mol. The largest absolute Gasteiger partial charge is 0.370 e. The Morgan fingerprint density at radius 3 is 2.56 bits per heavy atom. The lowest BCUT2D eigenvalue weighted by molar-refractivity contribution is 0.0261. The molecule has 2 aliphatic heterocycles. The van der Waals surface area contributed by atoms with E-state index in [-0.39, 0.29) is 12.1 Å². The summed E-state index contributed by atoms with van der Waals surface area (Å²) in [5, 5.41) is 8.60. The van der Waals surface area contributed by atoms with Crippen molar-refractivity contribution in [2.75, 3.05) is 24.5 Å². The summed E-state index contributed by atoms with van der Waals surface area (Å²) in [6.07, 6.45) is 13.1. The topological polar surface area (TPSA) is 48.1 Å². The lowest BCUT2D eigenvalue weighted by atomic mass is 9.57. The minimum Gasteiger partial charge on any atom is -0.370 e. The number of pyridine rings is 1. The van der Waals surface area contributed by atoms with E-state index in [2.05, 4.69) is 64.3 Å². The van der Waals surface area contributed by atoms with Gasteiger partial charge in [0.15, 0.2) is 0 Å².